The molecule has 4 nitrogen and oxygen atoms in total. The average molecular weight is 319 g/mol. The van der Waals surface area contributed by atoms with E-state index in [-0.39, 0.29) is 0 Å². The van der Waals surface area contributed by atoms with E-state index in [0.717, 1.165) is 4.88 Å². The summed E-state index contributed by atoms with van der Waals surface area (Å²) in [5.74, 6) is 0. The van der Waals surface area contributed by atoms with Crippen LogP contribution in [0.2, 0.25) is 0 Å². The predicted molar refractivity (Wildman–Crippen MR) is 93.0 cm³/mol. The molecule has 0 aliphatic rings. The van der Waals surface area contributed by atoms with Gasteiger partial charge in [-0.15, -0.1) is 11.3 Å². The molecule has 1 heterocycles. The Kier molecular flexibility index (Phi) is 6.33. The Bertz CT molecular complexity index is 596. The number of hydrogen-bond acceptors (Lipinski definition) is 4. The standard InChI is InChI=1S/C15H17N3OS2/c1-19-10-9-16-15(20)18-17-11-13-7-8-14(21-13)12-5-3-2-4-6-12/h2-8,11H,9-10H2,1H3,(H2,16,18,20)/b17-11-. The number of thiocarbonyl (C=S) groups is 1. The quantitative estimate of drug-likeness (QED) is 0.372. The number of rotatable bonds is 6. The van der Waals surface area contributed by atoms with Gasteiger partial charge in [-0.3, -0.25) is 5.43 Å². The second-order valence-corrected chi connectivity index (χ2v) is 5.71. The monoisotopic (exact) mass is 319 g/mol. The van der Waals surface area contributed by atoms with Gasteiger partial charge in [0.1, 0.15) is 0 Å². The number of methoxy groups -OCH3 is 1. The van der Waals surface area contributed by atoms with Crippen LogP contribution in [-0.4, -0.2) is 31.6 Å². The third kappa shape index (κ3) is 5.26. The van der Waals surface area contributed by atoms with E-state index in [1.54, 1.807) is 24.7 Å². The normalized spacial score (nSPS) is 10.7. The first kappa shape index (κ1) is 15.6. The first-order valence-electron chi connectivity index (χ1n) is 6.50. The summed E-state index contributed by atoms with van der Waals surface area (Å²) in [5.41, 5.74) is 3.99. The lowest BCUT2D eigenvalue weighted by Crippen LogP contribution is -2.34. The van der Waals surface area contributed by atoms with Gasteiger partial charge in [0.15, 0.2) is 5.11 Å². The van der Waals surface area contributed by atoms with Gasteiger partial charge in [-0.2, -0.15) is 5.10 Å². The molecular weight excluding hydrogens is 302 g/mol. The van der Waals surface area contributed by atoms with Gasteiger partial charge in [0.25, 0.3) is 0 Å². The molecule has 0 spiro atoms. The molecule has 0 aliphatic heterocycles. The first-order chi connectivity index (χ1) is 10.3. The SMILES string of the molecule is COCCNC(=S)N/N=C\c1ccc(-c2ccccc2)s1. The maximum Gasteiger partial charge on any atom is 0.187 e. The summed E-state index contributed by atoms with van der Waals surface area (Å²) in [6.45, 7) is 1.27. The van der Waals surface area contributed by atoms with Crippen LogP contribution in [0.3, 0.4) is 0 Å². The van der Waals surface area contributed by atoms with E-state index in [1.165, 1.54) is 10.4 Å². The number of nitrogens with one attached hydrogen (secondary N) is 2. The Labute approximate surface area is 133 Å². The van der Waals surface area contributed by atoms with Crippen molar-refractivity contribution < 1.29 is 4.74 Å². The lowest BCUT2D eigenvalue weighted by Gasteiger charge is -2.05. The molecule has 0 aliphatic carbocycles. The molecule has 0 unspecified atom stereocenters. The molecule has 0 radical (unpaired) electrons. The molecule has 2 rings (SSSR count). The number of nitrogens with zero attached hydrogens (tertiary/aromatic N) is 1. The Hall–Kier alpha value is -1.76. The topological polar surface area (TPSA) is 45.6 Å². The zero-order valence-electron chi connectivity index (χ0n) is 11.7. The molecule has 6 heteroatoms. The van der Waals surface area contributed by atoms with Crippen molar-refractivity contribution in [2.24, 2.45) is 5.10 Å². The largest absolute Gasteiger partial charge is 0.383 e. The van der Waals surface area contributed by atoms with Crippen LogP contribution >= 0.6 is 23.6 Å². The van der Waals surface area contributed by atoms with Gasteiger partial charge in [-0.1, -0.05) is 30.3 Å². The van der Waals surface area contributed by atoms with E-state index in [0.29, 0.717) is 18.3 Å². The van der Waals surface area contributed by atoms with Crippen molar-refractivity contribution in [3.8, 4) is 10.4 Å². The molecule has 2 aromatic rings. The zero-order valence-corrected chi connectivity index (χ0v) is 13.3. The van der Waals surface area contributed by atoms with E-state index in [2.05, 4.69) is 34.0 Å². The second kappa shape index (κ2) is 8.51. The van der Waals surface area contributed by atoms with Gasteiger partial charge in [0, 0.05) is 23.4 Å². The minimum atomic E-state index is 0.489. The Balaban J connectivity index is 1.85. The van der Waals surface area contributed by atoms with Crippen LogP contribution in [0.15, 0.2) is 47.6 Å². The predicted octanol–water partition coefficient (Wildman–Crippen LogP) is 2.86. The summed E-state index contributed by atoms with van der Waals surface area (Å²) in [6.07, 6.45) is 1.77. The maximum atomic E-state index is 5.08. The van der Waals surface area contributed by atoms with Crippen LogP contribution in [0.25, 0.3) is 10.4 Å². The number of hydrogen-bond donors (Lipinski definition) is 2. The van der Waals surface area contributed by atoms with E-state index < -0.39 is 0 Å². The maximum absolute atomic E-state index is 5.08. The third-order valence-corrected chi connectivity index (χ3v) is 3.94. The second-order valence-electron chi connectivity index (χ2n) is 4.19. The van der Waals surface area contributed by atoms with Gasteiger partial charge >= 0.3 is 0 Å². The molecule has 0 atom stereocenters. The molecule has 0 amide bonds. The van der Waals surface area contributed by atoms with Crippen LogP contribution in [0.1, 0.15) is 4.88 Å². The lowest BCUT2D eigenvalue weighted by molar-refractivity contribution is 0.204. The fraction of sp³-hybridized carbons (Fsp3) is 0.200. The summed E-state index contributed by atoms with van der Waals surface area (Å²) in [4.78, 5) is 2.29. The van der Waals surface area contributed by atoms with Crippen molar-refractivity contribution >= 4 is 34.9 Å². The third-order valence-electron chi connectivity index (χ3n) is 2.63. The van der Waals surface area contributed by atoms with Crippen molar-refractivity contribution in [1.82, 2.24) is 10.7 Å². The zero-order chi connectivity index (χ0) is 14.9. The van der Waals surface area contributed by atoms with Crippen LogP contribution in [0.5, 0.6) is 0 Å². The summed E-state index contributed by atoms with van der Waals surface area (Å²) in [5, 5.41) is 7.59. The van der Waals surface area contributed by atoms with E-state index in [9.17, 15) is 0 Å². The van der Waals surface area contributed by atoms with Crippen molar-refractivity contribution in [1.29, 1.82) is 0 Å². The number of thiophene rings is 1. The van der Waals surface area contributed by atoms with Gasteiger partial charge < -0.3 is 10.1 Å². The summed E-state index contributed by atoms with van der Waals surface area (Å²) in [7, 11) is 1.65. The Morgan fingerprint density at radius 2 is 2.10 bits per heavy atom. The van der Waals surface area contributed by atoms with Gasteiger partial charge in [0.2, 0.25) is 0 Å². The minimum Gasteiger partial charge on any atom is -0.383 e. The van der Waals surface area contributed by atoms with Crippen molar-refractivity contribution in [2.45, 2.75) is 0 Å². The average Bonchev–Trinajstić information content (AvgIpc) is 2.97. The smallest absolute Gasteiger partial charge is 0.187 e. The van der Waals surface area contributed by atoms with Crippen molar-refractivity contribution in [3.05, 3.63) is 47.3 Å². The Morgan fingerprint density at radius 3 is 2.86 bits per heavy atom. The lowest BCUT2D eigenvalue weighted by atomic mass is 10.2. The molecule has 0 saturated carbocycles. The molecular formula is C15H17N3OS2. The van der Waals surface area contributed by atoms with Gasteiger partial charge in [0.05, 0.1) is 12.8 Å². The molecule has 2 N–H and O–H groups in total. The van der Waals surface area contributed by atoms with Crippen LogP contribution < -0.4 is 10.7 Å². The highest BCUT2D eigenvalue weighted by molar-refractivity contribution is 7.80. The summed E-state index contributed by atoms with van der Waals surface area (Å²) >= 11 is 6.76. The van der Waals surface area contributed by atoms with Crippen LogP contribution in [-0.2, 0) is 4.74 Å². The number of hydrazone groups is 1. The first-order valence-corrected chi connectivity index (χ1v) is 7.73. The highest BCUT2D eigenvalue weighted by atomic mass is 32.1. The fourth-order valence-electron chi connectivity index (χ4n) is 1.64. The minimum absolute atomic E-state index is 0.489. The number of ether oxygens (including phenoxy) is 1. The van der Waals surface area contributed by atoms with E-state index in [4.69, 9.17) is 17.0 Å². The Morgan fingerprint density at radius 1 is 1.29 bits per heavy atom. The summed E-state index contributed by atoms with van der Waals surface area (Å²) < 4.78 is 4.92. The van der Waals surface area contributed by atoms with Gasteiger partial charge in [-0.05, 0) is 29.9 Å². The molecule has 0 bridgehead atoms. The summed E-state index contributed by atoms with van der Waals surface area (Å²) in [6, 6.07) is 14.4. The van der Waals surface area contributed by atoms with Crippen molar-refractivity contribution in [3.63, 3.8) is 0 Å². The van der Waals surface area contributed by atoms with E-state index in [1.807, 2.05) is 24.3 Å². The highest BCUT2D eigenvalue weighted by Crippen LogP contribution is 2.26. The number of benzene rings is 1. The molecule has 21 heavy (non-hydrogen) atoms. The molecule has 110 valence electrons. The fourth-order valence-corrected chi connectivity index (χ4v) is 2.68. The van der Waals surface area contributed by atoms with Crippen LogP contribution in [0, 0.1) is 0 Å². The highest BCUT2D eigenvalue weighted by Gasteiger charge is 2.00. The molecule has 1 aromatic heterocycles. The molecule has 0 fully saturated rings. The van der Waals surface area contributed by atoms with Crippen LogP contribution in [0.4, 0.5) is 0 Å². The molecule has 0 saturated heterocycles. The van der Waals surface area contributed by atoms with Gasteiger partial charge in [-0.25, -0.2) is 0 Å². The van der Waals surface area contributed by atoms with E-state index >= 15 is 0 Å². The van der Waals surface area contributed by atoms with Crippen molar-refractivity contribution in [2.75, 3.05) is 20.3 Å². The molecule has 1 aromatic carbocycles.